The van der Waals surface area contributed by atoms with Crippen LogP contribution in [0.4, 0.5) is 0 Å². The van der Waals surface area contributed by atoms with Gasteiger partial charge < -0.3 is 0 Å². The van der Waals surface area contributed by atoms with Crippen molar-refractivity contribution < 1.29 is 0 Å². The Kier molecular flexibility index (Phi) is 4.88. The van der Waals surface area contributed by atoms with Crippen molar-refractivity contribution in [1.82, 2.24) is 0 Å². The Morgan fingerprint density at radius 3 is 2.39 bits per heavy atom. The van der Waals surface area contributed by atoms with E-state index >= 15 is 0 Å². The lowest BCUT2D eigenvalue weighted by molar-refractivity contribution is 0.912. The third-order valence-electron chi connectivity index (χ3n) is 2.89. The molecule has 0 N–H and O–H groups in total. The summed E-state index contributed by atoms with van der Waals surface area (Å²) in [4.78, 5) is 0. The number of aryl methyl sites for hydroxylation is 1. The maximum absolute atomic E-state index is 6.52. The Bertz CT molecular complexity index is 535. The molecule has 1 unspecified atom stereocenters. The van der Waals surface area contributed by atoms with Crippen molar-refractivity contribution in [3.05, 3.63) is 68.1 Å². The second kappa shape index (κ2) is 6.23. The van der Waals surface area contributed by atoms with Gasteiger partial charge in [0.25, 0.3) is 0 Å². The third kappa shape index (κ3) is 3.37. The second-order valence-electron chi connectivity index (χ2n) is 4.28. The predicted octanol–water partition coefficient (Wildman–Crippen LogP) is 6.04. The molecule has 0 bridgehead atoms. The zero-order chi connectivity index (χ0) is 13.1. The molecule has 2 rings (SSSR count). The standard InChI is InChI=1S/C15H13Br2Cl/c1-10-3-2-4-13(15(10)17)14(18)9-11-5-7-12(16)8-6-11/h2-8,14H,9H2,1H3. The van der Waals surface area contributed by atoms with Crippen LogP contribution >= 0.6 is 43.5 Å². The van der Waals surface area contributed by atoms with Crippen LogP contribution in [0.3, 0.4) is 0 Å². The van der Waals surface area contributed by atoms with Crippen molar-refractivity contribution in [2.24, 2.45) is 0 Å². The Labute approximate surface area is 130 Å². The largest absolute Gasteiger partial charge is 0.117 e. The van der Waals surface area contributed by atoms with Gasteiger partial charge in [0.2, 0.25) is 0 Å². The van der Waals surface area contributed by atoms with Gasteiger partial charge in [-0.25, -0.2) is 0 Å². The van der Waals surface area contributed by atoms with Crippen LogP contribution in [0.5, 0.6) is 0 Å². The molecule has 0 amide bonds. The van der Waals surface area contributed by atoms with Crippen molar-refractivity contribution in [3.63, 3.8) is 0 Å². The highest BCUT2D eigenvalue weighted by Crippen LogP contribution is 2.33. The first-order chi connectivity index (χ1) is 8.58. The summed E-state index contributed by atoms with van der Waals surface area (Å²) in [7, 11) is 0. The molecule has 0 fully saturated rings. The summed E-state index contributed by atoms with van der Waals surface area (Å²) < 4.78 is 2.20. The average molecular weight is 389 g/mol. The molecule has 94 valence electrons. The number of halogens is 3. The number of hydrogen-bond acceptors (Lipinski definition) is 0. The van der Waals surface area contributed by atoms with Crippen LogP contribution in [0.1, 0.15) is 22.1 Å². The van der Waals surface area contributed by atoms with E-state index in [1.54, 1.807) is 0 Å². The van der Waals surface area contributed by atoms with Crippen molar-refractivity contribution in [3.8, 4) is 0 Å². The smallest absolute Gasteiger partial charge is 0.0636 e. The lowest BCUT2D eigenvalue weighted by atomic mass is 10.0. The molecule has 0 spiro atoms. The highest BCUT2D eigenvalue weighted by Gasteiger charge is 2.13. The molecule has 18 heavy (non-hydrogen) atoms. The fourth-order valence-corrected chi connectivity index (χ4v) is 3.15. The number of hydrogen-bond donors (Lipinski definition) is 0. The van der Waals surface area contributed by atoms with E-state index in [2.05, 4.69) is 63.0 Å². The van der Waals surface area contributed by atoms with Gasteiger partial charge >= 0.3 is 0 Å². The monoisotopic (exact) mass is 386 g/mol. The van der Waals surface area contributed by atoms with Crippen molar-refractivity contribution in [2.75, 3.05) is 0 Å². The topological polar surface area (TPSA) is 0 Å². The molecule has 0 aliphatic heterocycles. The fourth-order valence-electron chi connectivity index (χ4n) is 1.85. The zero-order valence-corrected chi connectivity index (χ0v) is 13.9. The van der Waals surface area contributed by atoms with Gasteiger partial charge in [-0.15, -0.1) is 11.6 Å². The van der Waals surface area contributed by atoms with Crippen molar-refractivity contribution >= 4 is 43.5 Å². The molecule has 0 aliphatic carbocycles. The first kappa shape index (κ1) is 14.1. The zero-order valence-electron chi connectivity index (χ0n) is 9.96. The maximum Gasteiger partial charge on any atom is 0.0636 e. The van der Waals surface area contributed by atoms with Gasteiger partial charge in [-0.05, 0) is 42.2 Å². The van der Waals surface area contributed by atoms with Crippen molar-refractivity contribution in [2.45, 2.75) is 18.7 Å². The Balaban J connectivity index is 2.19. The number of rotatable bonds is 3. The minimum atomic E-state index is -0.0135. The summed E-state index contributed by atoms with van der Waals surface area (Å²) in [6.45, 7) is 2.08. The van der Waals surface area contributed by atoms with E-state index in [0.29, 0.717) is 0 Å². The summed E-state index contributed by atoms with van der Waals surface area (Å²) in [5.41, 5.74) is 3.61. The molecule has 3 heteroatoms. The number of alkyl halides is 1. The van der Waals surface area contributed by atoms with E-state index in [0.717, 1.165) is 20.9 Å². The van der Waals surface area contributed by atoms with E-state index in [-0.39, 0.29) is 5.38 Å². The molecular formula is C15H13Br2Cl. The summed E-state index contributed by atoms with van der Waals surface area (Å²) in [6.07, 6.45) is 0.830. The summed E-state index contributed by atoms with van der Waals surface area (Å²) in [5.74, 6) is 0. The Morgan fingerprint density at radius 2 is 1.72 bits per heavy atom. The van der Waals surface area contributed by atoms with Crippen LogP contribution in [0.2, 0.25) is 0 Å². The van der Waals surface area contributed by atoms with E-state index in [4.69, 9.17) is 11.6 Å². The van der Waals surface area contributed by atoms with Gasteiger partial charge in [0.05, 0.1) is 5.38 Å². The molecule has 0 aliphatic rings. The lowest BCUT2D eigenvalue weighted by Gasteiger charge is -2.13. The highest BCUT2D eigenvalue weighted by atomic mass is 79.9. The van der Waals surface area contributed by atoms with Crippen molar-refractivity contribution in [1.29, 1.82) is 0 Å². The summed E-state index contributed by atoms with van der Waals surface area (Å²) in [5, 5.41) is -0.0135. The SMILES string of the molecule is Cc1cccc(C(Cl)Cc2ccc(Br)cc2)c1Br. The Hall–Kier alpha value is -0.310. The highest BCUT2D eigenvalue weighted by molar-refractivity contribution is 9.10. The van der Waals surface area contributed by atoms with Crippen LogP contribution in [-0.2, 0) is 6.42 Å². The van der Waals surface area contributed by atoms with E-state index in [1.165, 1.54) is 11.1 Å². The molecule has 1 atom stereocenters. The lowest BCUT2D eigenvalue weighted by Crippen LogP contribution is -1.98. The van der Waals surface area contributed by atoms with Crippen LogP contribution in [-0.4, -0.2) is 0 Å². The van der Waals surface area contributed by atoms with E-state index in [9.17, 15) is 0 Å². The van der Waals surface area contributed by atoms with Crippen LogP contribution in [0.15, 0.2) is 51.4 Å². The molecule has 0 aromatic heterocycles. The van der Waals surface area contributed by atoms with Gasteiger partial charge in [-0.1, -0.05) is 62.2 Å². The quantitative estimate of drug-likeness (QED) is 0.562. The maximum atomic E-state index is 6.52. The average Bonchev–Trinajstić information content (AvgIpc) is 2.35. The third-order valence-corrected chi connectivity index (χ3v) is 4.89. The second-order valence-corrected chi connectivity index (χ2v) is 6.51. The number of benzene rings is 2. The molecule has 2 aromatic rings. The Morgan fingerprint density at radius 1 is 1.06 bits per heavy atom. The van der Waals surface area contributed by atoms with Crippen LogP contribution in [0.25, 0.3) is 0 Å². The van der Waals surface area contributed by atoms with Gasteiger partial charge in [0.15, 0.2) is 0 Å². The minimum Gasteiger partial charge on any atom is -0.117 e. The first-order valence-electron chi connectivity index (χ1n) is 5.71. The molecular weight excluding hydrogens is 375 g/mol. The summed E-state index contributed by atoms with van der Waals surface area (Å²) in [6, 6.07) is 14.5. The molecule has 0 saturated heterocycles. The predicted molar refractivity (Wildman–Crippen MR) is 85.3 cm³/mol. The van der Waals surface area contributed by atoms with Gasteiger partial charge in [0, 0.05) is 8.95 Å². The normalized spacial score (nSPS) is 12.4. The molecule has 0 saturated carbocycles. The van der Waals surface area contributed by atoms with Gasteiger partial charge in [0.1, 0.15) is 0 Å². The molecule has 0 nitrogen and oxygen atoms in total. The van der Waals surface area contributed by atoms with Crippen LogP contribution in [0, 0.1) is 6.92 Å². The minimum absolute atomic E-state index is 0.0135. The summed E-state index contributed by atoms with van der Waals surface area (Å²) >= 11 is 13.6. The van der Waals surface area contributed by atoms with Crippen LogP contribution < -0.4 is 0 Å². The van der Waals surface area contributed by atoms with E-state index in [1.807, 2.05) is 18.2 Å². The van der Waals surface area contributed by atoms with Gasteiger partial charge in [-0.2, -0.15) is 0 Å². The molecule has 0 radical (unpaired) electrons. The first-order valence-corrected chi connectivity index (χ1v) is 7.73. The fraction of sp³-hybridized carbons (Fsp3) is 0.200. The molecule has 2 aromatic carbocycles. The van der Waals surface area contributed by atoms with Gasteiger partial charge in [-0.3, -0.25) is 0 Å². The molecule has 0 heterocycles. The van der Waals surface area contributed by atoms with E-state index < -0.39 is 0 Å².